The molecule has 0 unspecified atom stereocenters. The second kappa shape index (κ2) is 2.58. The fourth-order valence-corrected chi connectivity index (χ4v) is 0.140. The van der Waals surface area contributed by atoms with Gasteiger partial charge in [0.15, 0.2) is 0 Å². The summed E-state index contributed by atoms with van der Waals surface area (Å²) in [5.41, 5.74) is 0.363. The monoisotopic (exact) mass is 124 g/mol. The highest BCUT2D eigenvalue weighted by atomic mass is 35.5. The topological polar surface area (TPSA) is 37.3 Å². The van der Waals surface area contributed by atoms with Crippen LogP contribution in [0.15, 0.2) is 11.4 Å². The van der Waals surface area contributed by atoms with E-state index in [1.54, 1.807) is 0 Å². The van der Waals surface area contributed by atoms with E-state index in [0.29, 0.717) is 5.54 Å². The van der Waals surface area contributed by atoms with Crippen molar-refractivity contribution in [1.82, 2.24) is 0 Å². The first-order chi connectivity index (χ1) is 3.18. The van der Waals surface area contributed by atoms with Gasteiger partial charge in [0.2, 0.25) is 5.83 Å². The Morgan fingerprint density at radius 1 is 1.86 bits per heavy atom. The molecule has 0 aromatic rings. The lowest BCUT2D eigenvalue weighted by Gasteiger charge is -1.78. The Labute approximate surface area is 44.2 Å². The third-order valence-electron chi connectivity index (χ3n) is 0.300. The van der Waals surface area contributed by atoms with Crippen LogP contribution in [0.2, 0.25) is 0 Å². The number of carboxylic acid groups (broad SMARTS) is 1. The molecule has 0 saturated carbocycles. The fraction of sp³-hybridized carbons (Fsp3) is 0. The van der Waals surface area contributed by atoms with E-state index in [0.717, 1.165) is 0 Å². The Bertz CT molecular complexity index is 110. The molecule has 4 heteroatoms. The van der Waals surface area contributed by atoms with Crippen LogP contribution in [0.4, 0.5) is 4.39 Å². The van der Waals surface area contributed by atoms with Crippen LogP contribution in [0.1, 0.15) is 0 Å². The van der Waals surface area contributed by atoms with Crippen LogP contribution in [0.3, 0.4) is 0 Å². The van der Waals surface area contributed by atoms with E-state index in [1.807, 2.05) is 0 Å². The lowest BCUT2D eigenvalue weighted by atomic mass is 10.6. The molecule has 2 nitrogen and oxygen atoms in total. The summed E-state index contributed by atoms with van der Waals surface area (Å²) in [7, 11) is 0. The van der Waals surface area contributed by atoms with Gasteiger partial charge in [-0.3, -0.25) is 0 Å². The van der Waals surface area contributed by atoms with Crippen molar-refractivity contribution >= 4 is 17.6 Å². The van der Waals surface area contributed by atoms with Crippen molar-refractivity contribution in [2.75, 3.05) is 0 Å². The summed E-state index contributed by atoms with van der Waals surface area (Å²) in [5, 5.41) is 7.65. The van der Waals surface area contributed by atoms with Crippen LogP contribution in [0.25, 0.3) is 0 Å². The van der Waals surface area contributed by atoms with E-state index in [-0.39, 0.29) is 0 Å². The summed E-state index contributed by atoms with van der Waals surface area (Å²) in [6.45, 7) is 0. The molecule has 0 aliphatic carbocycles. The number of rotatable bonds is 1. The molecule has 0 amide bonds. The van der Waals surface area contributed by atoms with Crippen LogP contribution in [-0.2, 0) is 4.79 Å². The third kappa shape index (κ3) is 2.17. The van der Waals surface area contributed by atoms with Gasteiger partial charge in [-0.2, -0.15) is 4.39 Å². The molecule has 0 aromatic heterocycles. The average Bonchev–Trinajstić information content (AvgIpc) is 1.65. The molecule has 1 N–H and O–H groups in total. The average molecular weight is 124 g/mol. The first kappa shape index (κ1) is 6.43. The minimum Gasteiger partial charge on any atom is -0.476 e. The molecule has 0 aliphatic heterocycles. The maximum absolute atomic E-state index is 11.4. The number of carbonyl (C=O) groups is 1. The molecular formula is C3H2ClFO2. The van der Waals surface area contributed by atoms with Crippen molar-refractivity contribution in [2.24, 2.45) is 0 Å². The second-order valence-electron chi connectivity index (χ2n) is 0.762. The molecule has 0 aliphatic rings. The SMILES string of the molecule is O=C(O)C(F)=CCl. The van der Waals surface area contributed by atoms with Gasteiger partial charge in [0, 0.05) is 5.54 Å². The zero-order chi connectivity index (χ0) is 5.86. The van der Waals surface area contributed by atoms with Crippen molar-refractivity contribution < 1.29 is 14.3 Å². The predicted octanol–water partition coefficient (Wildman–Crippen LogP) is 1.12. The lowest BCUT2D eigenvalue weighted by molar-refractivity contribution is -0.134. The molecular weight excluding hydrogens is 122 g/mol. The first-order valence-corrected chi connectivity index (χ1v) is 1.81. The Kier molecular flexibility index (Phi) is 2.37. The number of aliphatic carboxylic acids is 1. The first-order valence-electron chi connectivity index (χ1n) is 1.37. The number of hydrogen-bond acceptors (Lipinski definition) is 1. The smallest absolute Gasteiger partial charge is 0.365 e. The normalized spacial score (nSPS) is 11.4. The number of hydrogen-bond donors (Lipinski definition) is 1. The van der Waals surface area contributed by atoms with E-state index < -0.39 is 11.8 Å². The maximum atomic E-state index is 11.4. The van der Waals surface area contributed by atoms with E-state index in [1.165, 1.54) is 0 Å². The Morgan fingerprint density at radius 2 is 2.29 bits per heavy atom. The van der Waals surface area contributed by atoms with Crippen LogP contribution >= 0.6 is 11.6 Å². The Morgan fingerprint density at radius 3 is 2.29 bits per heavy atom. The molecule has 0 heterocycles. The quantitative estimate of drug-likeness (QED) is 0.532. The zero-order valence-corrected chi connectivity index (χ0v) is 3.94. The molecule has 0 rings (SSSR count). The minimum atomic E-state index is -1.64. The molecule has 40 valence electrons. The largest absolute Gasteiger partial charge is 0.476 e. The van der Waals surface area contributed by atoms with Gasteiger partial charge in [-0.05, 0) is 0 Å². The minimum absolute atomic E-state index is 0.363. The van der Waals surface area contributed by atoms with Crippen molar-refractivity contribution in [3.05, 3.63) is 11.4 Å². The van der Waals surface area contributed by atoms with E-state index in [2.05, 4.69) is 11.6 Å². The van der Waals surface area contributed by atoms with E-state index in [4.69, 9.17) is 5.11 Å². The van der Waals surface area contributed by atoms with Gasteiger partial charge in [0.25, 0.3) is 0 Å². The second-order valence-corrected chi connectivity index (χ2v) is 0.980. The van der Waals surface area contributed by atoms with E-state index >= 15 is 0 Å². The molecule has 7 heavy (non-hydrogen) atoms. The van der Waals surface area contributed by atoms with Crippen molar-refractivity contribution in [2.45, 2.75) is 0 Å². The summed E-state index contributed by atoms with van der Waals surface area (Å²) in [4.78, 5) is 9.40. The summed E-state index contributed by atoms with van der Waals surface area (Å²) in [6, 6.07) is 0. The molecule has 0 atom stereocenters. The van der Waals surface area contributed by atoms with Crippen LogP contribution in [-0.4, -0.2) is 11.1 Å². The Hall–Kier alpha value is -0.570. The number of carboxylic acids is 1. The molecule has 0 saturated heterocycles. The van der Waals surface area contributed by atoms with Crippen LogP contribution in [0.5, 0.6) is 0 Å². The summed E-state index contributed by atoms with van der Waals surface area (Å²) >= 11 is 4.63. The van der Waals surface area contributed by atoms with Gasteiger partial charge in [-0.25, -0.2) is 4.79 Å². The Balaban J connectivity index is 3.82. The molecule has 0 bridgehead atoms. The van der Waals surface area contributed by atoms with E-state index in [9.17, 15) is 9.18 Å². The molecule has 0 spiro atoms. The molecule has 0 radical (unpaired) electrons. The van der Waals surface area contributed by atoms with Gasteiger partial charge in [0.1, 0.15) is 0 Å². The fourth-order valence-electron chi connectivity index (χ4n) is 0.0467. The summed E-state index contributed by atoms with van der Waals surface area (Å²) in [5.74, 6) is -2.99. The van der Waals surface area contributed by atoms with Crippen molar-refractivity contribution in [1.29, 1.82) is 0 Å². The standard InChI is InChI=1S/C3H2ClFO2/c4-1-2(5)3(6)7/h1H,(H,6,7). The maximum Gasteiger partial charge on any atom is 0.365 e. The third-order valence-corrected chi connectivity index (χ3v) is 0.492. The highest BCUT2D eigenvalue weighted by molar-refractivity contribution is 6.27. The van der Waals surface area contributed by atoms with Crippen molar-refractivity contribution in [3.63, 3.8) is 0 Å². The van der Waals surface area contributed by atoms with Gasteiger partial charge < -0.3 is 5.11 Å². The van der Waals surface area contributed by atoms with Gasteiger partial charge in [-0.15, -0.1) is 0 Å². The summed E-state index contributed by atoms with van der Waals surface area (Å²) in [6.07, 6.45) is 0. The zero-order valence-electron chi connectivity index (χ0n) is 3.19. The molecule has 0 fully saturated rings. The van der Waals surface area contributed by atoms with Gasteiger partial charge in [0.05, 0.1) is 0 Å². The lowest BCUT2D eigenvalue weighted by Crippen LogP contribution is -1.92. The number of halogens is 2. The highest BCUT2D eigenvalue weighted by Gasteiger charge is 2.00. The molecule has 0 aromatic carbocycles. The van der Waals surface area contributed by atoms with Crippen LogP contribution < -0.4 is 0 Å². The summed E-state index contributed by atoms with van der Waals surface area (Å²) < 4.78 is 11.4. The van der Waals surface area contributed by atoms with Crippen molar-refractivity contribution in [3.8, 4) is 0 Å². The van der Waals surface area contributed by atoms with Crippen LogP contribution in [0, 0.1) is 0 Å². The predicted molar refractivity (Wildman–Crippen MR) is 22.7 cm³/mol. The highest BCUT2D eigenvalue weighted by Crippen LogP contribution is 1.96. The van der Waals surface area contributed by atoms with Gasteiger partial charge in [-0.1, -0.05) is 11.6 Å². The van der Waals surface area contributed by atoms with Gasteiger partial charge >= 0.3 is 5.97 Å².